The van der Waals surface area contributed by atoms with E-state index < -0.39 is 0 Å². The van der Waals surface area contributed by atoms with Gasteiger partial charge in [-0.25, -0.2) is 0 Å². The van der Waals surface area contributed by atoms with Crippen molar-refractivity contribution in [2.75, 3.05) is 6.61 Å². The molecule has 96 valence electrons. The molecule has 0 bridgehead atoms. The minimum absolute atomic E-state index is 0.0576. The van der Waals surface area contributed by atoms with Gasteiger partial charge in [-0.15, -0.1) is 0 Å². The van der Waals surface area contributed by atoms with Crippen molar-refractivity contribution >= 4 is 5.78 Å². The summed E-state index contributed by atoms with van der Waals surface area (Å²) in [6, 6.07) is 7.48. The molecule has 0 amide bonds. The fourth-order valence-corrected chi connectivity index (χ4v) is 2.32. The van der Waals surface area contributed by atoms with Crippen molar-refractivity contribution in [3.05, 3.63) is 42.0 Å². The van der Waals surface area contributed by atoms with Crippen molar-refractivity contribution in [2.45, 2.75) is 26.7 Å². The number of para-hydroxylation sites is 1. The molecule has 0 spiro atoms. The molecule has 0 saturated carbocycles. The summed E-state index contributed by atoms with van der Waals surface area (Å²) in [6.07, 6.45) is 6.67. The lowest BCUT2D eigenvalue weighted by Gasteiger charge is -2.25. The maximum absolute atomic E-state index is 11.5. The predicted molar refractivity (Wildman–Crippen MR) is 73.0 cm³/mol. The molecule has 18 heavy (non-hydrogen) atoms. The average Bonchev–Trinajstić information content (AvgIpc) is 2.38. The van der Waals surface area contributed by atoms with Crippen molar-refractivity contribution in [3.8, 4) is 5.75 Å². The number of rotatable bonds is 4. The van der Waals surface area contributed by atoms with Crippen LogP contribution in [0.1, 0.15) is 37.0 Å². The first-order valence-corrected chi connectivity index (χ1v) is 6.56. The van der Waals surface area contributed by atoms with Gasteiger partial charge in [-0.2, -0.15) is 0 Å². The van der Waals surface area contributed by atoms with Gasteiger partial charge in [0.1, 0.15) is 5.75 Å². The van der Waals surface area contributed by atoms with Gasteiger partial charge in [0, 0.05) is 0 Å². The molecule has 0 aliphatic heterocycles. The van der Waals surface area contributed by atoms with Crippen molar-refractivity contribution in [1.82, 2.24) is 0 Å². The third-order valence-corrected chi connectivity index (χ3v) is 3.64. The number of ketones is 1. The Bertz CT molecular complexity index is 448. The van der Waals surface area contributed by atoms with Crippen LogP contribution in [0.2, 0.25) is 0 Å². The standard InChI is InChI=1S/C16H20O2/c1-12-7-3-4-8-14(12)11-18-16-10-6-5-9-15(16)13(2)17/h3-6,9-10,12,14H,7-8,11H2,1-2H3. The zero-order chi connectivity index (χ0) is 13.0. The SMILES string of the molecule is CC(=O)c1ccccc1OCC1CC=CCC1C. The number of carbonyl (C=O) groups excluding carboxylic acids is 1. The van der Waals surface area contributed by atoms with Crippen LogP contribution in [0.15, 0.2) is 36.4 Å². The monoisotopic (exact) mass is 244 g/mol. The maximum atomic E-state index is 11.5. The summed E-state index contributed by atoms with van der Waals surface area (Å²) in [6.45, 7) is 4.53. The molecular weight excluding hydrogens is 224 g/mol. The van der Waals surface area contributed by atoms with Crippen LogP contribution in [-0.4, -0.2) is 12.4 Å². The van der Waals surface area contributed by atoms with E-state index in [1.54, 1.807) is 6.92 Å². The first kappa shape index (κ1) is 12.9. The topological polar surface area (TPSA) is 26.3 Å². The van der Waals surface area contributed by atoms with Crippen LogP contribution < -0.4 is 4.74 Å². The lowest BCUT2D eigenvalue weighted by molar-refractivity contribution is 0.101. The van der Waals surface area contributed by atoms with E-state index in [0.29, 0.717) is 29.8 Å². The number of ether oxygens (including phenoxy) is 1. The molecule has 2 rings (SSSR count). The second kappa shape index (κ2) is 5.85. The zero-order valence-electron chi connectivity index (χ0n) is 11.1. The molecule has 1 aromatic rings. The first-order chi connectivity index (χ1) is 8.68. The third-order valence-electron chi connectivity index (χ3n) is 3.64. The van der Waals surface area contributed by atoms with Gasteiger partial charge in [0.05, 0.1) is 12.2 Å². The molecule has 2 atom stereocenters. The fourth-order valence-electron chi connectivity index (χ4n) is 2.32. The van der Waals surface area contributed by atoms with E-state index in [-0.39, 0.29) is 5.78 Å². The first-order valence-electron chi connectivity index (χ1n) is 6.56. The molecule has 0 fully saturated rings. The molecule has 2 nitrogen and oxygen atoms in total. The largest absolute Gasteiger partial charge is 0.493 e. The summed E-state index contributed by atoms with van der Waals surface area (Å²) in [5.41, 5.74) is 0.677. The summed E-state index contributed by atoms with van der Waals surface area (Å²) >= 11 is 0. The molecule has 2 unspecified atom stereocenters. The summed E-state index contributed by atoms with van der Waals surface area (Å²) in [4.78, 5) is 11.5. The highest BCUT2D eigenvalue weighted by molar-refractivity contribution is 5.96. The van der Waals surface area contributed by atoms with Crippen LogP contribution in [-0.2, 0) is 0 Å². The van der Waals surface area contributed by atoms with Gasteiger partial charge in [-0.1, -0.05) is 31.2 Å². The Morgan fingerprint density at radius 1 is 1.28 bits per heavy atom. The smallest absolute Gasteiger partial charge is 0.163 e. The van der Waals surface area contributed by atoms with E-state index in [1.165, 1.54) is 0 Å². The molecule has 0 saturated heterocycles. The van der Waals surface area contributed by atoms with Crippen molar-refractivity contribution in [2.24, 2.45) is 11.8 Å². The fraction of sp³-hybridized carbons (Fsp3) is 0.438. The van der Waals surface area contributed by atoms with E-state index in [0.717, 1.165) is 12.8 Å². The highest BCUT2D eigenvalue weighted by Gasteiger charge is 2.19. The Labute approximate surface area is 109 Å². The molecule has 1 aliphatic carbocycles. The van der Waals surface area contributed by atoms with Gasteiger partial charge < -0.3 is 4.74 Å². The highest BCUT2D eigenvalue weighted by atomic mass is 16.5. The van der Waals surface area contributed by atoms with Gasteiger partial charge in [-0.3, -0.25) is 4.79 Å². The summed E-state index contributed by atoms with van der Waals surface area (Å²) in [5, 5.41) is 0. The lowest BCUT2D eigenvalue weighted by Crippen LogP contribution is -2.21. The summed E-state index contributed by atoms with van der Waals surface area (Å²) < 4.78 is 5.85. The number of benzene rings is 1. The number of hydrogen-bond donors (Lipinski definition) is 0. The Morgan fingerprint density at radius 2 is 2.00 bits per heavy atom. The highest BCUT2D eigenvalue weighted by Crippen LogP contribution is 2.27. The number of carbonyl (C=O) groups is 1. The van der Waals surface area contributed by atoms with Crippen molar-refractivity contribution in [1.29, 1.82) is 0 Å². The Morgan fingerprint density at radius 3 is 2.72 bits per heavy atom. The van der Waals surface area contributed by atoms with Gasteiger partial charge in [-0.05, 0) is 43.7 Å². The molecule has 0 heterocycles. The number of hydrogen-bond acceptors (Lipinski definition) is 2. The molecule has 2 heteroatoms. The van der Waals surface area contributed by atoms with Crippen molar-refractivity contribution < 1.29 is 9.53 Å². The maximum Gasteiger partial charge on any atom is 0.163 e. The van der Waals surface area contributed by atoms with E-state index in [4.69, 9.17) is 4.74 Å². The second-order valence-corrected chi connectivity index (χ2v) is 5.04. The molecule has 1 aliphatic rings. The third kappa shape index (κ3) is 3.00. The molecular formula is C16H20O2. The van der Waals surface area contributed by atoms with E-state index in [9.17, 15) is 4.79 Å². The van der Waals surface area contributed by atoms with Gasteiger partial charge >= 0.3 is 0 Å². The van der Waals surface area contributed by atoms with Crippen LogP contribution >= 0.6 is 0 Å². The van der Waals surface area contributed by atoms with Gasteiger partial charge in [0.25, 0.3) is 0 Å². The van der Waals surface area contributed by atoms with Crippen molar-refractivity contribution in [3.63, 3.8) is 0 Å². The Balaban J connectivity index is 2.02. The Hall–Kier alpha value is -1.57. The minimum atomic E-state index is 0.0576. The van der Waals surface area contributed by atoms with Crippen LogP contribution in [0.5, 0.6) is 5.75 Å². The number of allylic oxidation sites excluding steroid dienone is 2. The van der Waals surface area contributed by atoms with Crippen LogP contribution in [0, 0.1) is 11.8 Å². The molecule has 1 aromatic carbocycles. The van der Waals surface area contributed by atoms with Crippen LogP contribution in [0.3, 0.4) is 0 Å². The van der Waals surface area contributed by atoms with E-state index >= 15 is 0 Å². The van der Waals surface area contributed by atoms with Crippen LogP contribution in [0.25, 0.3) is 0 Å². The zero-order valence-corrected chi connectivity index (χ0v) is 11.1. The van der Waals surface area contributed by atoms with Gasteiger partial charge in [0.15, 0.2) is 5.78 Å². The van der Waals surface area contributed by atoms with Crippen LogP contribution in [0.4, 0.5) is 0 Å². The molecule has 0 N–H and O–H groups in total. The molecule has 0 radical (unpaired) electrons. The summed E-state index contributed by atoms with van der Waals surface area (Å²) in [7, 11) is 0. The van der Waals surface area contributed by atoms with Gasteiger partial charge in [0.2, 0.25) is 0 Å². The average molecular weight is 244 g/mol. The minimum Gasteiger partial charge on any atom is -0.493 e. The second-order valence-electron chi connectivity index (χ2n) is 5.04. The molecule has 0 aromatic heterocycles. The lowest BCUT2D eigenvalue weighted by atomic mass is 9.85. The summed E-state index contributed by atoms with van der Waals surface area (Å²) in [5.74, 6) is 1.98. The van der Waals surface area contributed by atoms with E-state index in [2.05, 4.69) is 19.1 Å². The Kier molecular flexibility index (Phi) is 4.19. The quantitative estimate of drug-likeness (QED) is 0.593. The van der Waals surface area contributed by atoms with E-state index in [1.807, 2.05) is 24.3 Å². The predicted octanol–water partition coefficient (Wildman–Crippen LogP) is 3.87. The normalized spacial score (nSPS) is 22.8. The number of Topliss-reactive ketones (excluding diaryl/α,β-unsaturated/α-hetero) is 1.